The summed E-state index contributed by atoms with van der Waals surface area (Å²) in [6, 6.07) is 27.4. The highest BCUT2D eigenvalue weighted by Crippen LogP contribution is 2.27. The van der Waals surface area contributed by atoms with Gasteiger partial charge in [-0.2, -0.15) is 0 Å². The molecule has 4 rings (SSSR count). The summed E-state index contributed by atoms with van der Waals surface area (Å²) in [5.74, 6) is -1.09. The Morgan fingerprint density at radius 1 is 0.860 bits per heavy atom. The van der Waals surface area contributed by atoms with Crippen LogP contribution in [0.3, 0.4) is 0 Å². The molecule has 222 valence electrons. The Labute approximate surface area is 254 Å². The molecule has 0 aliphatic heterocycles. The van der Waals surface area contributed by atoms with E-state index in [1.807, 2.05) is 30.3 Å². The molecule has 0 unspecified atom stereocenters. The van der Waals surface area contributed by atoms with Gasteiger partial charge < -0.3 is 10.2 Å². The monoisotopic (exact) mass is 620 g/mol. The van der Waals surface area contributed by atoms with Crippen LogP contribution in [0.5, 0.6) is 0 Å². The van der Waals surface area contributed by atoms with Crippen LogP contribution in [0.25, 0.3) is 0 Å². The molecule has 0 radical (unpaired) electrons. The number of nitro benzene ring substituents is 1. The van der Waals surface area contributed by atoms with Crippen molar-refractivity contribution in [2.75, 3.05) is 17.9 Å². The van der Waals surface area contributed by atoms with Crippen LogP contribution in [0.2, 0.25) is 5.02 Å². The highest BCUT2D eigenvalue weighted by atomic mass is 35.5. The lowest BCUT2D eigenvalue weighted by molar-refractivity contribution is -0.384. The summed E-state index contributed by atoms with van der Waals surface area (Å²) in [5, 5.41) is 14.4. The summed E-state index contributed by atoms with van der Waals surface area (Å²) >= 11 is 6.07. The lowest BCUT2D eigenvalue weighted by atomic mass is 10.0. The zero-order valence-corrected chi connectivity index (χ0v) is 24.7. The molecular weight excluding hydrogens is 592 g/mol. The Hall–Kier alpha value is -4.74. The smallest absolute Gasteiger partial charge is 0.269 e. The van der Waals surface area contributed by atoms with Crippen LogP contribution in [-0.4, -0.2) is 49.7 Å². The molecule has 0 saturated heterocycles. The van der Waals surface area contributed by atoms with Gasteiger partial charge in [0.05, 0.1) is 15.5 Å². The predicted octanol–water partition coefficient (Wildman–Crippen LogP) is 4.83. The fraction of sp³-hybridized carbons (Fsp3) is 0.161. The van der Waals surface area contributed by atoms with E-state index in [2.05, 4.69) is 5.32 Å². The summed E-state index contributed by atoms with van der Waals surface area (Å²) in [4.78, 5) is 39.4. The molecule has 1 atom stereocenters. The van der Waals surface area contributed by atoms with Crippen molar-refractivity contribution in [2.45, 2.75) is 23.9 Å². The van der Waals surface area contributed by atoms with Gasteiger partial charge in [-0.05, 0) is 47.5 Å². The van der Waals surface area contributed by atoms with Crippen molar-refractivity contribution in [3.8, 4) is 0 Å². The van der Waals surface area contributed by atoms with Gasteiger partial charge in [-0.25, -0.2) is 8.42 Å². The van der Waals surface area contributed by atoms with Crippen molar-refractivity contribution < 1.29 is 22.9 Å². The summed E-state index contributed by atoms with van der Waals surface area (Å²) < 4.78 is 28.7. The number of anilines is 1. The Morgan fingerprint density at radius 3 is 2.00 bits per heavy atom. The molecule has 0 aromatic heterocycles. The molecule has 0 spiro atoms. The lowest BCUT2D eigenvalue weighted by Crippen LogP contribution is -2.53. The van der Waals surface area contributed by atoms with Crippen LogP contribution in [0.15, 0.2) is 114 Å². The number of benzene rings is 4. The second-order valence-electron chi connectivity index (χ2n) is 9.57. The van der Waals surface area contributed by atoms with Crippen LogP contribution < -0.4 is 9.62 Å². The van der Waals surface area contributed by atoms with Gasteiger partial charge in [-0.3, -0.25) is 24.0 Å². The predicted molar refractivity (Wildman–Crippen MR) is 164 cm³/mol. The number of rotatable bonds is 12. The minimum Gasteiger partial charge on any atom is -0.357 e. The third-order valence-electron chi connectivity index (χ3n) is 6.74. The van der Waals surface area contributed by atoms with E-state index in [9.17, 15) is 28.1 Å². The average molecular weight is 621 g/mol. The first kappa shape index (κ1) is 31.2. The number of non-ortho nitro benzene ring substituents is 1. The minimum atomic E-state index is -4.31. The quantitative estimate of drug-likeness (QED) is 0.178. The minimum absolute atomic E-state index is 0.0135. The van der Waals surface area contributed by atoms with Gasteiger partial charge in [0.2, 0.25) is 11.8 Å². The third kappa shape index (κ3) is 7.76. The van der Waals surface area contributed by atoms with Crippen molar-refractivity contribution in [3.05, 3.63) is 135 Å². The van der Waals surface area contributed by atoms with Gasteiger partial charge in [-0.1, -0.05) is 72.3 Å². The molecule has 2 amide bonds. The summed E-state index contributed by atoms with van der Waals surface area (Å²) in [5.41, 5.74) is 1.29. The molecule has 43 heavy (non-hydrogen) atoms. The van der Waals surface area contributed by atoms with Crippen molar-refractivity contribution in [1.82, 2.24) is 10.2 Å². The Bertz CT molecular complexity index is 1670. The number of carbonyl (C=O) groups excluding carboxylic acids is 2. The van der Waals surface area contributed by atoms with Crippen LogP contribution in [0.4, 0.5) is 11.4 Å². The standard InChI is InChI=1S/C31H29ClN4O6S/c1-33-31(38)29(20-23-8-4-2-5-9-23)34(21-24-12-14-25(32)15-13-24)30(37)22-35(26-16-18-27(19-17-26)36(39)40)43(41,42)28-10-6-3-7-11-28/h2-19,29H,20-22H2,1H3,(H,33,38)/t29-/m0/s1. The second-order valence-corrected chi connectivity index (χ2v) is 11.9. The van der Waals surface area contributed by atoms with Crippen molar-refractivity contribution in [2.24, 2.45) is 0 Å². The molecule has 4 aromatic rings. The van der Waals surface area contributed by atoms with Gasteiger partial charge in [0.15, 0.2) is 0 Å². The molecule has 0 heterocycles. The van der Waals surface area contributed by atoms with E-state index in [0.717, 1.165) is 9.87 Å². The van der Waals surface area contributed by atoms with E-state index < -0.39 is 39.3 Å². The number of carbonyl (C=O) groups is 2. The third-order valence-corrected chi connectivity index (χ3v) is 8.78. The number of nitrogens with zero attached hydrogens (tertiary/aromatic N) is 3. The number of hydrogen-bond donors (Lipinski definition) is 1. The Balaban J connectivity index is 1.78. The van der Waals surface area contributed by atoms with Crippen LogP contribution in [0.1, 0.15) is 11.1 Å². The molecular formula is C31H29ClN4O6S. The zero-order chi connectivity index (χ0) is 31.0. The summed E-state index contributed by atoms with van der Waals surface area (Å²) in [6.45, 7) is -0.689. The highest BCUT2D eigenvalue weighted by molar-refractivity contribution is 7.92. The molecule has 4 aromatic carbocycles. The van der Waals surface area contributed by atoms with Crippen molar-refractivity contribution in [3.63, 3.8) is 0 Å². The average Bonchev–Trinajstić information content (AvgIpc) is 3.02. The number of sulfonamides is 1. The molecule has 0 aliphatic rings. The van der Waals surface area contributed by atoms with Crippen LogP contribution in [-0.2, 0) is 32.6 Å². The maximum Gasteiger partial charge on any atom is 0.269 e. The zero-order valence-electron chi connectivity index (χ0n) is 23.2. The van der Waals surface area contributed by atoms with Crippen LogP contribution in [0, 0.1) is 10.1 Å². The molecule has 0 saturated carbocycles. The van der Waals surface area contributed by atoms with Gasteiger partial charge in [0.25, 0.3) is 15.7 Å². The van der Waals surface area contributed by atoms with Gasteiger partial charge in [-0.15, -0.1) is 0 Å². The SMILES string of the molecule is CNC(=O)[C@H](Cc1ccccc1)N(Cc1ccc(Cl)cc1)C(=O)CN(c1ccc([N+](=O)[O-])cc1)S(=O)(=O)c1ccccc1. The number of nitro groups is 1. The van der Waals surface area contributed by atoms with E-state index in [4.69, 9.17) is 11.6 Å². The summed E-state index contributed by atoms with van der Waals surface area (Å²) in [6.07, 6.45) is 0.169. The summed E-state index contributed by atoms with van der Waals surface area (Å²) in [7, 11) is -2.84. The van der Waals surface area contributed by atoms with E-state index in [1.165, 1.54) is 48.3 Å². The Morgan fingerprint density at radius 2 is 1.44 bits per heavy atom. The number of halogens is 1. The molecule has 0 aliphatic carbocycles. The topological polar surface area (TPSA) is 130 Å². The van der Waals surface area contributed by atoms with E-state index in [1.54, 1.807) is 42.5 Å². The van der Waals surface area contributed by atoms with Crippen LogP contribution >= 0.6 is 11.6 Å². The highest BCUT2D eigenvalue weighted by Gasteiger charge is 2.34. The normalized spacial score (nSPS) is 11.8. The largest absolute Gasteiger partial charge is 0.357 e. The Kier molecular flexibility index (Phi) is 10.1. The van der Waals surface area contributed by atoms with Crippen molar-refractivity contribution in [1.29, 1.82) is 0 Å². The first-order chi connectivity index (χ1) is 20.6. The van der Waals surface area contributed by atoms with Crippen molar-refractivity contribution >= 4 is 44.8 Å². The first-order valence-corrected chi connectivity index (χ1v) is 15.0. The number of hydrogen-bond acceptors (Lipinski definition) is 6. The number of likely N-dealkylation sites (N-methyl/N-ethyl adjacent to an activating group) is 1. The second kappa shape index (κ2) is 14.0. The van der Waals surface area contributed by atoms with Gasteiger partial charge in [0, 0.05) is 37.2 Å². The van der Waals surface area contributed by atoms with E-state index in [-0.39, 0.29) is 29.2 Å². The molecule has 10 nitrogen and oxygen atoms in total. The fourth-order valence-corrected chi connectivity index (χ4v) is 6.06. The first-order valence-electron chi connectivity index (χ1n) is 13.2. The van der Waals surface area contributed by atoms with E-state index >= 15 is 0 Å². The molecule has 1 N–H and O–H groups in total. The molecule has 0 bridgehead atoms. The maximum atomic E-state index is 14.2. The number of amides is 2. The van der Waals surface area contributed by atoms with Gasteiger partial charge >= 0.3 is 0 Å². The molecule has 12 heteroatoms. The lowest BCUT2D eigenvalue weighted by Gasteiger charge is -2.33. The fourth-order valence-electron chi connectivity index (χ4n) is 4.50. The number of nitrogens with one attached hydrogen (secondary N) is 1. The van der Waals surface area contributed by atoms with E-state index in [0.29, 0.717) is 10.6 Å². The molecule has 0 fully saturated rings. The van der Waals surface area contributed by atoms with Gasteiger partial charge in [0.1, 0.15) is 12.6 Å². The maximum absolute atomic E-state index is 14.2.